The highest BCUT2D eigenvalue weighted by atomic mass is 35.5. The maximum atomic E-state index is 13.2. The van der Waals surface area contributed by atoms with Gasteiger partial charge in [0.1, 0.15) is 11.8 Å². The first-order valence-corrected chi connectivity index (χ1v) is 12.4. The summed E-state index contributed by atoms with van der Waals surface area (Å²) in [5.41, 5.74) is 0.829. The lowest BCUT2D eigenvalue weighted by Crippen LogP contribution is -2.50. The van der Waals surface area contributed by atoms with Crippen LogP contribution < -0.4 is 10.1 Å². The van der Waals surface area contributed by atoms with Gasteiger partial charge in [-0.3, -0.25) is 9.59 Å². The Kier molecular flexibility index (Phi) is 9.89. The summed E-state index contributed by atoms with van der Waals surface area (Å²) in [4.78, 5) is 27.8. The first kappa shape index (κ1) is 25.4. The summed E-state index contributed by atoms with van der Waals surface area (Å²) in [6.45, 7) is 2.50. The molecular formula is C26H32Cl2N2O3. The number of halogens is 2. The number of ether oxygens (including phenoxy) is 1. The number of benzene rings is 2. The molecule has 1 N–H and O–H groups in total. The van der Waals surface area contributed by atoms with Crippen molar-refractivity contribution in [2.45, 2.75) is 70.5 Å². The highest BCUT2D eigenvalue weighted by molar-refractivity contribution is 6.42. The van der Waals surface area contributed by atoms with Crippen molar-refractivity contribution in [1.82, 2.24) is 10.2 Å². The van der Waals surface area contributed by atoms with Crippen LogP contribution in [0, 0.1) is 0 Å². The van der Waals surface area contributed by atoms with Crippen LogP contribution in [0.4, 0.5) is 0 Å². The molecule has 33 heavy (non-hydrogen) atoms. The van der Waals surface area contributed by atoms with Crippen LogP contribution in [-0.4, -0.2) is 35.4 Å². The molecule has 1 saturated carbocycles. The number of carbonyl (C=O) groups excluding carboxylic acids is 2. The monoisotopic (exact) mass is 490 g/mol. The molecule has 5 nitrogen and oxygen atoms in total. The number of hydrogen-bond donors (Lipinski definition) is 1. The Morgan fingerprint density at radius 1 is 1.06 bits per heavy atom. The van der Waals surface area contributed by atoms with Gasteiger partial charge in [0, 0.05) is 19.0 Å². The second-order valence-corrected chi connectivity index (χ2v) is 9.37. The molecule has 7 heteroatoms. The van der Waals surface area contributed by atoms with E-state index >= 15 is 0 Å². The molecular weight excluding hydrogens is 459 g/mol. The van der Waals surface area contributed by atoms with Crippen LogP contribution in [0.1, 0.15) is 57.4 Å². The average molecular weight is 491 g/mol. The molecule has 2 amide bonds. The molecule has 0 saturated heterocycles. The lowest BCUT2D eigenvalue weighted by atomic mass is 9.95. The van der Waals surface area contributed by atoms with Crippen molar-refractivity contribution in [3.8, 4) is 5.75 Å². The number of para-hydroxylation sites is 1. The average Bonchev–Trinajstić information content (AvgIpc) is 2.83. The van der Waals surface area contributed by atoms with E-state index in [1.54, 1.807) is 24.0 Å². The number of nitrogens with zero attached hydrogens (tertiary/aromatic N) is 1. The zero-order valence-electron chi connectivity index (χ0n) is 19.1. The molecule has 178 valence electrons. The third kappa shape index (κ3) is 7.94. The molecule has 1 atom stereocenters. The summed E-state index contributed by atoms with van der Waals surface area (Å²) >= 11 is 12.2. The van der Waals surface area contributed by atoms with Crippen LogP contribution in [0.5, 0.6) is 5.75 Å². The number of hydrogen-bond acceptors (Lipinski definition) is 3. The topological polar surface area (TPSA) is 58.6 Å². The molecule has 0 unspecified atom stereocenters. The molecule has 1 fully saturated rings. The van der Waals surface area contributed by atoms with Crippen molar-refractivity contribution in [1.29, 1.82) is 0 Å². The van der Waals surface area contributed by atoms with E-state index in [4.69, 9.17) is 27.9 Å². The summed E-state index contributed by atoms with van der Waals surface area (Å²) < 4.78 is 5.71. The van der Waals surface area contributed by atoms with Gasteiger partial charge in [-0.1, -0.05) is 66.7 Å². The first-order chi connectivity index (χ1) is 15.9. The van der Waals surface area contributed by atoms with Crippen molar-refractivity contribution >= 4 is 35.0 Å². The van der Waals surface area contributed by atoms with Crippen molar-refractivity contribution in [2.75, 3.05) is 6.61 Å². The Labute approximate surface area is 206 Å². The standard InChI is InChI=1S/C26H32Cl2N2O3/c1-19(26(32)29-21-9-4-2-5-10-21)30(18-20-14-15-23(27)24(28)17-20)25(31)13-8-16-33-22-11-6-3-7-12-22/h3,6-7,11-12,14-15,17,19,21H,2,4-5,8-10,13,16,18H2,1H3,(H,29,32)/t19-/m0/s1. The normalized spacial score (nSPS) is 15.0. The summed E-state index contributed by atoms with van der Waals surface area (Å²) in [6.07, 6.45) is 6.32. The fourth-order valence-electron chi connectivity index (χ4n) is 4.06. The molecule has 2 aromatic carbocycles. The van der Waals surface area contributed by atoms with Gasteiger partial charge < -0.3 is 15.0 Å². The van der Waals surface area contributed by atoms with Gasteiger partial charge in [-0.05, 0) is 56.0 Å². The zero-order chi connectivity index (χ0) is 23.6. The van der Waals surface area contributed by atoms with Crippen LogP contribution >= 0.6 is 23.2 Å². The highest BCUT2D eigenvalue weighted by Crippen LogP contribution is 2.24. The van der Waals surface area contributed by atoms with Gasteiger partial charge in [0.15, 0.2) is 0 Å². The molecule has 0 spiro atoms. The minimum atomic E-state index is -0.594. The number of amides is 2. The van der Waals surface area contributed by atoms with E-state index in [0.29, 0.717) is 23.1 Å². The van der Waals surface area contributed by atoms with E-state index in [-0.39, 0.29) is 30.8 Å². The van der Waals surface area contributed by atoms with Crippen LogP contribution in [0.25, 0.3) is 0 Å². The predicted molar refractivity (Wildman–Crippen MR) is 133 cm³/mol. The smallest absolute Gasteiger partial charge is 0.242 e. The van der Waals surface area contributed by atoms with Crippen molar-refractivity contribution in [3.63, 3.8) is 0 Å². The van der Waals surface area contributed by atoms with Crippen molar-refractivity contribution in [3.05, 3.63) is 64.1 Å². The Bertz CT molecular complexity index is 917. The SMILES string of the molecule is C[C@@H](C(=O)NC1CCCCC1)N(Cc1ccc(Cl)c(Cl)c1)C(=O)CCCOc1ccccc1. The van der Waals surface area contributed by atoms with Crippen LogP contribution in [0.15, 0.2) is 48.5 Å². The Balaban J connectivity index is 1.63. The summed E-state index contributed by atoms with van der Waals surface area (Å²) in [5, 5.41) is 4.03. The van der Waals surface area contributed by atoms with E-state index in [9.17, 15) is 9.59 Å². The molecule has 0 heterocycles. The Morgan fingerprint density at radius 3 is 2.48 bits per heavy atom. The summed E-state index contributed by atoms with van der Waals surface area (Å²) in [7, 11) is 0. The largest absolute Gasteiger partial charge is 0.494 e. The fraction of sp³-hybridized carbons (Fsp3) is 0.462. The third-order valence-electron chi connectivity index (χ3n) is 6.00. The van der Waals surface area contributed by atoms with Crippen molar-refractivity contribution in [2.24, 2.45) is 0 Å². The maximum Gasteiger partial charge on any atom is 0.242 e. The molecule has 0 aliphatic heterocycles. The lowest BCUT2D eigenvalue weighted by molar-refractivity contribution is -0.141. The van der Waals surface area contributed by atoms with Crippen LogP contribution in [0.3, 0.4) is 0 Å². The molecule has 0 radical (unpaired) electrons. The van der Waals surface area contributed by atoms with E-state index < -0.39 is 6.04 Å². The van der Waals surface area contributed by atoms with Gasteiger partial charge in [-0.2, -0.15) is 0 Å². The van der Waals surface area contributed by atoms with Gasteiger partial charge in [-0.25, -0.2) is 0 Å². The van der Waals surface area contributed by atoms with Gasteiger partial charge in [0.2, 0.25) is 11.8 Å². The maximum absolute atomic E-state index is 13.2. The zero-order valence-corrected chi connectivity index (χ0v) is 20.6. The summed E-state index contributed by atoms with van der Waals surface area (Å²) in [5.74, 6) is 0.567. The number of rotatable bonds is 10. The fourth-order valence-corrected chi connectivity index (χ4v) is 4.38. The molecule has 3 rings (SSSR count). The Morgan fingerprint density at radius 2 is 1.79 bits per heavy atom. The van der Waals surface area contributed by atoms with Gasteiger partial charge in [-0.15, -0.1) is 0 Å². The predicted octanol–water partition coefficient (Wildman–Crippen LogP) is 6.02. The van der Waals surface area contributed by atoms with Gasteiger partial charge in [0.05, 0.1) is 16.7 Å². The van der Waals surface area contributed by atoms with Crippen LogP contribution in [-0.2, 0) is 16.1 Å². The summed E-state index contributed by atoms with van der Waals surface area (Å²) in [6, 6.07) is 14.4. The van der Waals surface area contributed by atoms with Gasteiger partial charge >= 0.3 is 0 Å². The minimum Gasteiger partial charge on any atom is -0.494 e. The molecule has 0 bridgehead atoms. The van der Waals surface area contributed by atoms with Crippen molar-refractivity contribution < 1.29 is 14.3 Å². The second kappa shape index (κ2) is 12.9. The third-order valence-corrected chi connectivity index (χ3v) is 6.74. The number of carbonyl (C=O) groups is 2. The molecule has 1 aliphatic rings. The highest BCUT2D eigenvalue weighted by Gasteiger charge is 2.28. The first-order valence-electron chi connectivity index (χ1n) is 11.7. The van der Waals surface area contributed by atoms with E-state index in [2.05, 4.69) is 5.32 Å². The Hall–Kier alpha value is -2.24. The second-order valence-electron chi connectivity index (χ2n) is 8.55. The molecule has 0 aromatic heterocycles. The number of nitrogens with one attached hydrogen (secondary N) is 1. The van der Waals surface area contributed by atoms with Crippen LogP contribution in [0.2, 0.25) is 10.0 Å². The van der Waals surface area contributed by atoms with E-state index in [1.807, 2.05) is 36.4 Å². The van der Waals surface area contributed by atoms with E-state index in [0.717, 1.165) is 37.0 Å². The minimum absolute atomic E-state index is 0.0935. The molecule has 1 aliphatic carbocycles. The lowest BCUT2D eigenvalue weighted by Gasteiger charge is -2.31. The van der Waals surface area contributed by atoms with Gasteiger partial charge in [0.25, 0.3) is 0 Å². The molecule has 2 aromatic rings. The van der Waals surface area contributed by atoms with E-state index in [1.165, 1.54) is 6.42 Å². The quantitative estimate of drug-likeness (QED) is 0.414.